The highest BCUT2D eigenvalue weighted by Crippen LogP contribution is 2.27. The van der Waals surface area contributed by atoms with E-state index in [0.29, 0.717) is 15.6 Å². The first kappa shape index (κ1) is 9.33. The van der Waals surface area contributed by atoms with E-state index in [1.54, 1.807) is 18.3 Å². The molecule has 0 saturated heterocycles. The van der Waals surface area contributed by atoms with Crippen molar-refractivity contribution in [3.8, 4) is 12.3 Å². The molecule has 0 saturated carbocycles. The number of fused-ring (bicyclic) bond motifs is 1. The molecule has 1 nitrogen and oxygen atoms in total. The van der Waals surface area contributed by atoms with E-state index < -0.39 is 0 Å². The van der Waals surface area contributed by atoms with Crippen molar-refractivity contribution in [1.29, 1.82) is 0 Å². The standard InChI is InChI=1S/C11H5Cl2N/c1-2-7-6-14-10-4-3-8(12)5-9(10)11(7)13/h1,3-6H. The molecule has 1 aromatic heterocycles. The number of rotatable bonds is 0. The van der Waals surface area contributed by atoms with E-state index in [1.807, 2.05) is 6.07 Å². The van der Waals surface area contributed by atoms with Gasteiger partial charge in [-0.05, 0) is 18.2 Å². The molecule has 1 aromatic carbocycles. The maximum atomic E-state index is 6.07. The fourth-order valence-corrected chi connectivity index (χ4v) is 1.66. The molecule has 1 heterocycles. The third-order valence-corrected chi connectivity index (χ3v) is 2.56. The van der Waals surface area contributed by atoms with Gasteiger partial charge in [0.2, 0.25) is 0 Å². The average molecular weight is 222 g/mol. The molecule has 0 aliphatic carbocycles. The Morgan fingerprint density at radius 3 is 2.79 bits per heavy atom. The zero-order valence-electron chi connectivity index (χ0n) is 7.09. The highest BCUT2D eigenvalue weighted by Gasteiger charge is 2.04. The Morgan fingerprint density at radius 2 is 2.07 bits per heavy atom. The maximum Gasteiger partial charge on any atom is 0.0718 e. The van der Waals surface area contributed by atoms with Crippen LogP contribution in [0.25, 0.3) is 10.9 Å². The van der Waals surface area contributed by atoms with E-state index in [2.05, 4.69) is 10.9 Å². The number of aromatic nitrogens is 1. The summed E-state index contributed by atoms with van der Waals surface area (Å²) in [7, 11) is 0. The number of halogens is 2. The van der Waals surface area contributed by atoms with Crippen LogP contribution in [0.1, 0.15) is 5.56 Å². The molecule has 0 aliphatic heterocycles. The number of benzene rings is 1. The van der Waals surface area contributed by atoms with Gasteiger partial charge >= 0.3 is 0 Å². The van der Waals surface area contributed by atoms with Gasteiger partial charge in [0.25, 0.3) is 0 Å². The van der Waals surface area contributed by atoms with Crippen LogP contribution in [0.2, 0.25) is 10.0 Å². The van der Waals surface area contributed by atoms with E-state index in [1.165, 1.54) is 0 Å². The molecule has 0 radical (unpaired) electrons. The van der Waals surface area contributed by atoms with Crippen LogP contribution < -0.4 is 0 Å². The van der Waals surface area contributed by atoms with Gasteiger partial charge in [-0.1, -0.05) is 29.1 Å². The van der Waals surface area contributed by atoms with Crippen LogP contribution in [-0.2, 0) is 0 Å². The summed E-state index contributed by atoms with van der Waals surface area (Å²) in [5.41, 5.74) is 1.37. The Morgan fingerprint density at radius 1 is 1.29 bits per heavy atom. The SMILES string of the molecule is C#Cc1cnc2ccc(Cl)cc2c1Cl. The summed E-state index contributed by atoms with van der Waals surface area (Å²) in [4.78, 5) is 4.17. The first-order valence-electron chi connectivity index (χ1n) is 3.93. The molecule has 0 bridgehead atoms. The normalized spacial score (nSPS) is 10.1. The Hall–Kier alpha value is -1.23. The molecule has 0 atom stereocenters. The molecule has 3 heteroatoms. The van der Waals surface area contributed by atoms with Gasteiger partial charge in [0.1, 0.15) is 0 Å². The molecule has 0 unspecified atom stereocenters. The lowest BCUT2D eigenvalue weighted by atomic mass is 10.1. The van der Waals surface area contributed by atoms with Gasteiger partial charge in [0, 0.05) is 16.6 Å². The van der Waals surface area contributed by atoms with Gasteiger partial charge in [-0.3, -0.25) is 4.98 Å². The largest absolute Gasteiger partial charge is 0.255 e. The number of hydrogen-bond donors (Lipinski definition) is 0. The van der Waals surface area contributed by atoms with Gasteiger partial charge in [0.15, 0.2) is 0 Å². The lowest BCUT2D eigenvalue weighted by molar-refractivity contribution is 1.39. The summed E-state index contributed by atoms with van der Waals surface area (Å²) >= 11 is 11.9. The molecule has 0 amide bonds. The first-order valence-corrected chi connectivity index (χ1v) is 4.68. The number of nitrogens with zero attached hydrogens (tertiary/aromatic N) is 1. The minimum Gasteiger partial charge on any atom is -0.255 e. The summed E-state index contributed by atoms with van der Waals surface area (Å²) in [6, 6.07) is 5.33. The third kappa shape index (κ3) is 1.43. The Labute approximate surface area is 91.7 Å². The maximum absolute atomic E-state index is 6.07. The summed E-state index contributed by atoms with van der Waals surface area (Å²) in [6.45, 7) is 0. The smallest absolute Gasteiger partial charge is 0.0718 e. The Kier molecular flexibility index (Phi) is 2.33. The van der Waals surface area contributed by atoms with Crippen molar-refractivity contribution in [2.45, 2.75) is 0 Å². The van der Waals surface area contributed by atoms with Crippen molar-refractivity contribution in [3.05, 3.63) is 40.0 Å². The first-order chi connectivity index (χ1) is 6.72. The van der Waals surface area contributed by atoms with E-state index in [4.69, 9.17) is 29.6 Å². The molecule has 14 heavy (non-hydrogen) atoms. The van der Waals surface area contributed by atoms with Gasteiger partial charge in [-0.25, -0.2) is 0 Å². The molecular formula is C11H5Cl2N. The molecule has 2 aromatic rings. The predicted octanol–water partition coefficient (Wildman–Crippen LogP) is 3.52. The zero-order valence-corrected chi connectivity index (χ0v) is 8.60. The zero-order chi connectivity index (χ0) is 10.1. The quantitative estimate of drug-likeness (QED) is 0.621. The van der Waals surface area contributed by atoms with Crippen molar-refractivity contribution in [3.63, 3.8) is 0 Å². The molecule has 0 aliphatic rings. The topological polar surface area (TPSA) is 12.9 Å². The van der Waals surface area contributed by atoms with Crippen molar-refractivity contribution in [1.82, 2.24) is 4.98 Å². The number of hydrogen-bond acceptors (Lipinski definition) is 1. The third-order valence-electron chi connectivity index (χ3n) is 1.92. The highest BCUT2D eigenvalue weighted by atomic mass is 35.5. The fraction of sp³-hybridized carbons (Fsp3) is 0. The van der Waals surface area contributed by atoms with Crippen molar-refractivity contribution >= 4 is 34.1 Å². The molecule has 0 N–H and O–H groups in total. The van der Waals surface area contributed by atoms with Gasteiger partial charge in [-0.2, -0.15) is 0 Å². The second kappa shape index (κ2) is 3.49. The van der Waals surface area contributed by atoms with E-state index in [0.717, 1.165) is 10.9 Å². The van der Waals surface area contributed by atoms with Gasteiger partial charge < -0.3 is 0 Å². The second-order valence-corrected chi connectivity index (χ2v) is 3.61. The molecule has 68 valence electrons. The summed E-state index contributed by atoms with van der Waals surface area (Å²) < 4.78 is 0. The Balaban J connectivity index is 2.88. The molecule has 0 fully saturated rings. The summed E-state index contributed by atoms with van der Waals surface area (Å²) in [5, 5.41) is 1.94. The van der Waals surface area contributed by atoms with Gasteiger partial charge in [-0.15, -0.1) is 6.42 Å². The van der Waals surface area contributed by atoms with Crippen LogP contribution in [-0.4, -0.2) is 4.98 Å². The van der Waals surface area contributed by atoms with Crippen LogP contribution in [0.4, 0.5) is 0 Å². The number of terminal acetylenes is 1. The van der Waals surface area contributed by atoms with Crippen molar-refractivity contribution in [2.75, 3.05) is 0 Å². The van der Waals surface area contributed by atoms with Crippen LogP contribution in [0.15, 0.2) is 24.4 Å². The van der Waals surface area contributed by atoms with E-state index >= 15 is 0 Å². The van der Waals surface area contributed by atoms with E-state index in [9.17, 15) is 0 Å². The van der Waals surface area contributed by atoms with Crippen molar-refractivity contribution in [2.24, 2.45) is 0 Å². The Bertz CT molecular complexity index is 541. The highest BCUT2D eigenvalue weighted by molar-refractivity contribution is 6.37. The molecule has 0 spiro atoms. The summed E-state index contributed by atoms with van der Waals surface area (Å²) in [5.74, 6) is 2.47. The van der Waals surface area contributed by atoms with E-state index in [-0.39, 0.29) is 0 Å². The predicted molar refractivity (Wildman–Crippen MR) is 59.7 cm³/mol. The lowest BCUT2D eigenvalue weighted by Gasteiger charge is -2.02. The van der Waals surface area contributed by atoms with Crippen LogP contribution in [0.3, 0.4) is 0 Å². The van der Waals surface area contributed by atoms with Crippen molar-refractivity contribution < 1.29 is 0 Å². The van der Waals surface area contributed by atoms with Crippen LogP contribution >= 0.6 is 23.2 Å². The van der Waals surface area contributed by atoms with Crippen LogP contribution in [0, 0.1) is 12.3 Å². The minimum atomic E-state index is 0.528. The fourth-order valence-electron chi connectivity index (χ4n) is 1.23. The number of pyridine rings is 1. The van der Waals surface area contributed by atoms with Gasteiger partial charge in [0.05, 0.1) is 16.1 Å². The molecule has 2 rings (SSSR count). The monoisotopic (exact) mass is 221 g/mol. The summed E-state index contributed by atoms with van der Waals surface area (Å²) in [6.07, 6.45) is 6.85. The lowest BCUT2D eigenvalue weighted by Crippen LogP contribution is -1.84. The second-order valence-electron chi connectivity index (χ2n) is 2.79. The minimum absolute atomic E-state index is 0.528. The average Bonchev–Trinajstić information content (AvgIpc) is 2.20. The molecular weight excluding hydrogens is 217 g/mol. The van der Waals surface area contributed by atoms with Crippen LogP contribution in [0.5, 0.6) is 0 Å².